The van der Waals surface area contributed by atoms with Crippen LogP contribution in [0.15, 0.2) is 0 Å². The summed E-state index contributed by atoms with van der Waals surface area (Å²) in [6, 6.07) is 2.77. The Morgan fingerprint density at radius 3 is 1.75 bits per heavy atom. The second-order valence-electron chi connectivity index (χ2n) is 15.6. The minimum Gasteiger partial charge on any atom is -0.343 e. The molecule has 1 atom stereocenters. The molecule has 0 radical (unpaired) electrons. The van der Waals surface area contributed by atoms with Gasteiger partial charge in [0, 0.05) is 27.8 Å². The first-order valence-corrected chi connectivity index (χ1v) is 14.7. The lowest BCUT2D eigenvalue weighted by Gasteiger charge is -2.63. The molecule has 3 aromatic rings. The summed E-state index contributed by atoms with van der Waals surface area (Å²) in [4.78, 5) is 13.2. The summed E-state index contributed by atoms with van der Waals surface area (Å²) in [5.41, 5.74) is 4.88. The minimum absolute atomic E-state index is 0.0281. The molecule has 0 saturated heterocycles. The van der Waals surface area contributed by atoms with E-state index in [0.717, 1.165) is 50.8 Å². The Kier molecular flexibility index (Phi) is 6.21. The van der Waals surface area contributed by atoms with E-state index in [9.17, 15) is 5.26 Å². The number of hydrogen-bond acceptors (Lipinski definition) is 4. The van der Waals surface area contributed by atoms with Crippen molar-refractivity contribution in [3.63, 3.8) is 0 Å². The van der Waals surface area contributed by atoms with Crippen molar-refractivity contribution in [3.05, 3.63) is 28.5 Å². The zero-order valence-electron chi connectivity index (χ0n) is 28.2. The van der Waals surface area contributed by atoms with Gasteiger partial charge in [-0.3, -0.25) is 4.68 Å². The SMILES string of the molecule is Cc1nc(-c2c(C)nn([C@](C)(C(C)(C)C#N)C3(C)C(C)(C)C(C)(C)C(C)(C)C3(C)C)c2C)c2c(C)c(C)[nH]c2n1. The van der Waals surface area contributed by atoms with Crippen LogP contribution in [0.1, 0.15) is 112 Å². The number of nitrogens with one attached hydrogen (secondary N) is 1. The Morgan fingerprint density at radius 1 is 0.775 bits per heavy atom. The predicted molar refractivity (Wildman–Crippen MR) is 165 cm³/mol. The lowest BCUT2D eigenvalue weighted by Crippen LogP contribution is -2.65. The van der Waals surface area contributed by atoms with Gasteiger partial charge >= 0.3 is 0 Å². The molecule has 0 aliphatic heterocycles. The summed E-state index contributed by atoms with van der Waals surface area (Å²) in [5, 5.41) is 17.3. The van der Waals surface area contributed by atoms with Gasteiger partial charge in [0.1, 0.15) is 11.5 Å². The highest BCUT2D eigenvalue weighted by molar-refractivity contribution is 5.95. The molecule has 1 saturated carbocycles. The molecule has 1 fully saturated rings. The summed E-state index contributed by atoms with van der Waals surface area (Å²) in [6.07, 6.45) is 0. The van der Waals surface area contributed by atoms with E-state index >= 15 is 0 Å². The maximum atomic E-state index is 10.9. The molecular formula is C34H52N6. The Balaban J connectivity index is 2.18. The Bertz CT molecular complexity index is 1540. The van der Waals surface area contributed by atoms with Gasteiger partial charge in [-0.1, -0.05) is 62.3 Å². The quantitative estimate of drug-likeness (QED) is 0.356. The molecule has 4 rings (SSSR count). The highest BCUT2D eigenvalue weighted by Gasteiger charge is 2.80. The highest BCUT2D eigenvalue weighted by atomic mass is 15.4. The van der Waals surface area contributed by atoms with Gasteiger partial charge in [-0.05, 0) is 82.6 Å². The number of fused-ring (bicyclic) bond motifs is 1. The molecular weight excluding hydrogens is 492 g/mol. The minimum atomic E-state index is -0.745. The van der Waals surface area contributed by atoms with Gasteiger partial charge in [-0.15, -0.1) is 0 Å². The van der Waals surface area contributed by atoms with Crippen LogP contribution in [-0.2, 0) is 5.54 Å². The van der Waals surface area contributed by atoms with Crippen LogP contribution < -0.4 is 0 Å². The van der Waals surface area contributed by atoms with Gasteiger partial charge < -0.3 is 4.98 Å². The molecule has 6 nitrogen and oxygen atoms in total. The maximum absolute atomic E-state index is 10.9. The molecule has 0 spiro atoms. The molecule has 40 heavy (non-hydrogen) atoms. The van der Waals surface area contributed by atoms with Crippen molar-refractivity contribution in [3.8, 4) is 17.3 Å². The third kappa shape index (κ3) is 3.02. The fourth-order valence-electron chi connectivity index (χ4n) is 9.10. The fraction of sp³-hybridized carbons (Fsp3) is 0.706. The van der Waals surface area contributed by atoms with Crippen molar-refractivity contribution in [2.45, 2.75) is 123 Å². The first-order valence-electron chi connectivity index (χ1n) is 14.7. The molecule has 3 aromatic heterocycles. The number of nitriles is 1. The van der Waals surface area contributed by atoms with Crippen molar-refractivity contribution in [1.29, 1.82) is 5.26 Å². The summed E-state index contributed by atoms with van der Waals surface area (Å²) >= 11 is 0. The van der Waals surface area contributed by atoms with E-state index in [1.54, 1.807) is 0 Å². The predicted octanol–water partition coefficient (Wildman–Crippen LogP) is 8.75. The van der Waals surface area contributed by atoms with E-state index in [-0.39, 0.29) is 27.1 Å². The standard InChI is InChI=1S/C34H52N6/c1-19-20(2)36-27-24(19)26(37-23(5)38-27)25-21(3)39-40(22(25)4)34(17,28(6,7)18-35)33(16)31(12,13)29(8,9)30(10,11)32(33,14)15/h1-17H3,(H,36,37,38)/t34-/m1/s1. The zero-order chi connectivity index (χ0) is 30.8. The van der Waals surface area contributed by atoms with Crippen LogP contribution in [0.3, 0.4) is 0 Å². The summed E-state index contributed by atoms with van der Waals surface area (Å²) in [7, 11) is 0. The Labute approximate surface area is 242 Å². The molecule has 1 aliphatic rings. The Hall–Kier alpha value is -2.68. The van der Waals surface area contributed by atoms with E-state index in [2.05, 4.69) is 127 Å². The molecule has 1 N–H and O–H groups in total. The third-order valence-corrected chi connectivity index (χ3v) is 13.9. The maximum Gasteiger partial charge on any atom is 0.142 e. The van der Waals surface area contributed by atoms with Crippen molar-refractivity contribution < 1.29 is 0 Å². The van der Waals surface area contributed by atoms with Gasteiger partial charge in [-0.25, -0.2) is 9.97 Å². The average Bonchev–Trinajstić information content (AvgIpc) is 3.31. The van der Waals surface area contributed by atoms with Crippen LogP contribution in [0, 0.1) is 78.4 Å². The number of hydrogen-bond donors (Lipinski definition) is 1. The van der Waals surface area contributed by atoms with Crippen LogP contribution in [0.5, 0.6) is 0 Å². The van der Waals surface area contributed by atoms with Crippen molar-refractivity contribution in [1.82, 2.24) is 24.7 Å². The van der Waals surface area contributed by atoms with E-state index in [1.807, 2.05) is 6.92 Å². The third-order valence-electron chi connectivity index (χ3n) is 13.9. The molecule has 3 heterocycles. The molecule has 6 heteroatoms. The zero-order valence-corrected chi connectivity index (χ0v) is 28.2. The molecule has 1 aliphatic carbocycles. The summed E-state index contributed by atoms with van der Waals surface area (Å²) in [6.45, 7) is 38.7. The van der Waals surface area contributed by atoms with Crippen LogP contribution in [0.4, 0.5) is 0 Å². The van der Waals surface area contributed by atoms with Gasteiger partial charge in [0.2, 0.25) is 0 Å². The normalized spacial score (nSPS) is 22.3. The summed E-state index contributed by atoms with van der Waals surface area (Å²) < 4.78 is 2.22. The first kappa shape index (κ1) is 30.3. The van der Waals surface area contributed by atoms with Gasteiger partial charge in [0.25, 0.3) is 0 Å². The van der Waals surface area contributed by atoms with E-state index in [0.29, 0.717) is 0 Å². The van der Waals surface area contributed by atoms with Gasteiger partial charge in [0.15, 0.2) is 0 Å². The molecule has 218 valence electrons. The molecule has 0 amide bonds. The fourth-order valence-corrected chi connectivity index (χ4v) is 9.10. The summed E-state index contributed by atoms with van der Waals surface area (Å²) in [5.74, 6) is 0.726. The molecule has 0 aromatic carbocycles. The number of aromatic amines is 1. The second kappa shape index (κ2) is 8.20. The average molecular weight is 545 g/mol. The first-order chi connectivity index (χ1) is 17.9. The van der Waals surface area contributed by atoms with Gasteiger partial charge in [-0.2, -0.15) is 10.4 Å². The largest absolute Gasteiger partial charge is 0.343 e. The highest BCUT2D eigenvalue weighted by Crippen LogP contribution is 2.82. The van der Waals surface area contributed by atoms with Crippen LogP contribution in [0.25, 0.3) is 22.3 Å². The van der Waals surface area contributed by atoms with E-state index in [4.69, 9.17) is 15.1 Å². The van der Waals surface area contributed by atoms with Crippen LogP contribution in [0.2, 0.25) is 0 Å². The lowest BCUT2D eigenvalue weighted by atomic mass is 9.43. The second-order valence-corrected chi connectivity index (χ2v) is 15.6. The van der Waals surface area contributed by atoms with Crippen molar-refractivity contribution in [2.75, 3.05) is 0 Å². The van der Waals surface area contributed by atoms with Crippen LogP contribution >= 0.6 is 0 Å². The molecule has 0 bridgehead atoms. The number of aryl methyl sites for hydroxylation is 4. The monoisotopic (exact) mass is 544 g/mol. The van der Waals surface area contributed by atoms with Gasteiger partial charge in [0.05, 0.1) is 28.4 Å². The van der Waals surface area contributed by atoms with E-state index in [1.165, 1.54) is 0 Å². The van der Waals surface area contributed by atoms with Crippen molar-refractivity contribution in [2.24, 2.45) is 32.5 Å². The lowest BCUT2D eigenvalue weighted by molar-refractivity contribution is -0.150. The van der Waals surface area contributed by atoms with E-state index < -0.39 is 11.0 Å². The number of aromatic nitrogens is 5. The smallest absolute Gasteiger partial charge is 0.142 e. The van der Waals surface area contributed by atoms with Crippen LogP contribution in [-0.4, -0.2) is 24.7 Å². The number of H-pyrrole nitrogens is 1. The number of rotatable bonds is 4. The molecule has 0 unspecified atom stereocenters. The topological polar surface area (TPSA) is 83.2 Å². The number of nitrogens with zero attached hydrogens (tertiary/aromatic N) is 5. The van der Waals surface area contributed by atoms with Crippen molar-refractivity contribution >= 4 is 11.0 Å². The Morgan fingerprint density at radius 2 is 1.27 bits per heavy atom.